The molecule has 0 bridgehead atoms. The number of anilines is 2. The molecule has 2 atom stereocenters. The Hall–Kier alpha value is -2.21. The second kappa shape index (κ2) is 8.06. The van der Waals surface area contributed by atoms with Gasteiger partial charge in [-0.3, -0.25) is 4.98 Å². The summed E-state index contributed by atoms with van der Waals surface area (Å²) >= 11 is 0. The zero-order valence-electron chi connectivity index (χ0n) is 14.3. The Balaban J connectivity index is 1.81. The highest BCUT2D eigenvalue weighted by Gasteiger charge is 2.16. The number of nitrogens with zero attached hydrogens (tertiary/aromatic N) is 3. The Morgan fingerprint density at radius 3 is 2.83 bits per heavy atom. The minimum atomic E-state index is 0.273. The van der Waals surface area contributed by atoms with E-state index in [1.54, 1.807) is 12.4 Å². The Morgan fingerprint density at radius 2 is 2.12 bits per heavy atom. The van der Waals surface area contributed by atoms with Gasteiger partial charge in [-0.2, -0.15) is 4.98 Å². The van der Waals surface area contributed by atoms with Crippen LogP contribution in [0.25, 0.3) is 11.3 Å². The average molecular weight is 327 g/mol. The zero-order chi connectivity index (χ0) is 16.8. The van der Waals surface area contributed by atoms with Crippen LogP contribution >= 0.6 is 0 Å². The summed E-state index contributed by atoms with van der Waals surface area (Å²) in [5, 5.41) is 6.76. The molecule has 0 unspecified atom stereocenters. The van der Waals surface area contributed by atoms with E-state index in [-0.39, 0.29) is 6.10 Å². The lowest BCUT2D eigenvalue weighted by molar-refractivity contribution is 0.120. The first-order chi connectivity index (χ1) is 11.7. The molecular formula is C18H25N5O. The molecule has 3 heterocycles. The molecule has 1 saturated heterocycles. The van der Waals surface area contributed by atoms with E-state index in [0.29, 0.717) is 12.0 Å². The summed E-state index contributed by atoms with van der Waals surface area (Å²) in [5.74, 6) is 1.46. The highest BCUT2D eigenvalue weighted by atomic mass is 16.5. The molecule has 0 aromatic carbocycles. The van der Waals surface area contributed by atoms with Gasteiger partial charge in [0.1, 0.15) is 5.82 Å². The van der Waals surface area contributed by atoms with Crippen molar-refractivity contribution in [3.8, 4) is 11.3 Å². The molecule has 128 valence electrons. The largest absolute Gasteiger partial charge is 0.376 e. The van der Waals surface area contributed by atoms with Crippen LogP contribution in [0.15, 0.2) is 30.6 Å². The van der Waals surface area contributed by atoms with Crippen LogP contribution in [0.2, 0.25) is 0 Å². The van der Waals surface area contributed by atoms with Gasteiger partial charge >= 0.3 is 0 Å². The molecule has 3 rings (SSSR count). The van der Waals surface area contributed by atoms with Gasteiger partial charge in [-0.1, -0.05) is 6.92 Å². The van der Waals surface area contributed by atoms with Gasteiger partial charge in [0.25, 0.3) is 0 Å². The molecule has 0 amide bonds. The third-order valence-electron chi connectivity index (χ3n) is 4.22. The van der Waals surface area contributed by atoms with Gasteiger partial charge in [-0.05, 0) is 38.3 Å². The Morgan fingerprint density at radius 1 is 1.29 bits per heavy atom. The number of pyridine rings is 1. The third kappa shape index (κ3) is 4.41. The Bertz CT molecular complexity index is 643. The zero-order valence-corrected chi connectivity index (χ0v) is 14.3. The minimum Gasteiger partial charge on any atom is -0.376 e. The van der Waals surface area contributed by atoms with Crippen molar-refractivity contribution in [1.82, 2.24) is 15.0 Å². The second-order valence-electron chi connectivity index (χ2n) is 6.17. The predicted molar refractivity (Wildman–Crippen MR) is 96.1 cm³/mol. The van der Waals surface area contributed by atoms with Gasteiger partial charge in [0, 0.05) is 43.2 Å². The van der Waals surface area contributed by atoms with Gasteiger partial charge < -0.3 is 15.4 Å². The van der Waals surface area contributed by atoms with E-state index in [1.807, 2.05) is 18.2 Å². The van der Waals surface area contributed by atoms with E-state index >= 15 is 0 Å². The second-order valence-corrected chi connectivity index (χ2v) is 6.17. The summed E-state index contributed by atoms with van der Waals surface area (Å²) in [5.41, 5.74) is 1.91. The van der Waals surface area contributed by atoms with Crippen LogP contribution in [-0.4, -0.2) is 40.2 Å². The molecule has 1 aliphatic heterocycles. The third-order valence-corrected chi connectivity index (χ3v) is 4.22. The van der Waals surface area contributed by atoms with Crippen molar-refractivity contribution in [2.75, 3.05) is 23.8 Å². The van der Waals surface area contributed by atoms with Crippen LogP contribution < -0.4 is 10.6 Å². The molecule has 0 aliphatic carbocycles. The standard InChI is InChI=1S/C18H25N5O/c1-3-13(2)21-18-22-16(14-6-8-19-9-7-14)11-17(23-18)20-12-15-5-4-10-24-15/h6-9,11,13,15H,3-5,10,12H2,1-2H3,(H2,20,21,22,23)/t13-,15+/m0/s1. The molecule has 0 spiro atoms. The lowest BCUT2D eigenvalue weighted by atomic mass is 10.2. The monoisotopic (exact) mass is 327 g/mol. The first kappa shape index (κ1) is 16.6. The van der Waals surface area contributed by atoms with Crippen molar-refractivity contribution in [1.29, 1.82) is 0 Å². The normalized spacial score (nSPS) is 18.3. The molecule has 2 aromatic rings. The smallest absolute Gasteiger partial charge is 0.225 e. The minimum absolute atomic E-state index is 0.273. The number of aromatic nitrogens is 3. The lowest BCUT2D eigenvalue weighted by Crippen LogP contribution is -2.20. The number of nitrogens with one attached hydrogen (secondary N) is 2. The van der Waals surface area contributed by atoms with Crippen LogP contribution in [-0.2, 0) is 4.74 Å². The molecule has 24 heavy (non-hydrogen) atoms. The van der Waals surface area contributed by atoms with Crippen molar-refractivity contribution in [2.45, 2.75) is 45.3 Å². The van der Waals surface area contributed by atoms with Gasteiger partial charge in [-0.25, -0.2) is 4.98 Å². The molecule has 0 radical (unpaired) electrons. The summed E-state index contributed by atoms with van der Waals surface area (Å²) in [7, 11) is 0. The first-order valence-electron chi connectivity index (χ1n) is 8.66. The number of rotatable bonds is 7. The summed E-state index contributed by atoms with van der Waals surface area (Å²) in [6.45, 7) is 5.90. The fraction of sp³-hybridized carbons (Fsp3) is 0.500. The first-order valence-corrected chi connectivity index (χ1v) is 8.66. The molecule has 2 aromatic heterocycles. The highest BCUT2D eigenvalue weighted by molar-refractivity contribution is 5.63. The Kier molecular flexibility index (Phi) is 5.59. The quantitative estimate of drug-likeness (QED) is 0.812. The van der Waals surface area contributed by atoms with Crippen molar-refractivity contribution in [3.63, 3.8) is 0 Å². The van der Waals surface area contributed by atoms with Crippen LogP contribution in [0.3, 0.4) is 0 Å². The fourth-order valence-corrected chi connectivity index (χ4v) is 2.62. The average Bonchev–Trinajstić information content (AvgIpc) is 3.14. The molecule has 1 fully saturated rings. The Labute approximate surface area is 143 Å². The van der Waals surface area contributed by atoms with Gasteiger partial charge in [0.2, 0.25) is 5.95 Å². The maximum absolute atomic E-state index is 5.67. The molecule has 6 nitrogen and oxygen atoms in total. The lowest BCUT2D eigenvalue weighted by Gasteiger charge is -2.16. The maximum Gasteiger partial charge on any atom is 0.225 e. The van der Waals surface area contributed by atoms with E-state index in [0.717, 1.165) is 49.5 Å². The highest BCUT2D eigenvalue weighted by Crippen LogP contribution is 2.22. The van der Waals surface area contributed by atoms with E-state index in [1.165, 1.54) is 0 Å². The fourth-order valence-electron chi connectivity index (χ4n) is 2.62. The van der Waals surface area contributed by atoms with E-state index < -0.39 is 0 Å². The predicted octanol–water partition coefficient (Wildman–Crippen LogP) is 3.34. The summed E-state index contributed by atoms with van der Waals surface area (Å²) in [4.78, 5) is 13.3. The topological polar surface area (TPSA) is 72.0 Å². The van der Waals surface area contributed by atoms with Crippen LogP contribution in [0.4, 0.5) is 11.8 Å². The van der Waals surface area contributed by atoms with Gasteiger partial charge in [0.15, 0.2) is 0 Å². The van der Waals surface area contributed by atoms with Crippen LogP contribution in [0.1, 0.15) is 33.1 Å². The van der Waals surface area contributed by atoms with E-state index in [4.69, 9.17) is 4.74 Å². The summed E-state index contributed by atoms with van der Waals surface area (Å²) in [6, 6.07) is 6.22. The van der Waals surface area contributed by atoms with Crippen LogP contribution in [0.5, 0.6) is 0 Å². The molecule has 6 heteroatoms. The summed E-state index contributed by atoms with van der Waals surface area (Å²) in [6.07, 6.45) is 7.08. The number of hydrogen-bond donors (Lipinski definition) is 2. The maximum atomic E-state index is 5.67. The van der Waals surface area contributed by atoms with Crippen molar-refractivity contribution in [2.24, 2.45) is 0 Å². The molecule has 2 N–H and O–H groups in total. The van der Waals surface area contributed by atoms with Gasteiger partial charge in [0.05, 0.1) is 11.8 Å². The molecule has 0 saturated carbocycles. The van der Waals surface area contributed by atoms with Gasteiger partial charge in [-0.15, -0.1) is 0 Å². The van der Waals surface area contributed by atoms with E-state index in [9.17, 15) is 0 Å². The van der Waals surface area contributed by atoms with Crippen molar-refractivity contribution >= 4 is 11.8 Å². The van der Waals surface area contributed by atoms with Crippen LogP contribution in [0, 0.1) is 0 Å². The van der Waals surface area contributed by atoms with Crippen molar-refractivity contribution in [3.05, 3.63) is 30.6 Å². The van der Waals surface area contributed by atoms with Crippen molar-refractivity contribution < 1.29 is 4.74 Å². The summed E-state index contributed by atoms with van der Waals surface area (Å²) < 4.78 is 5.67. The number of hydrogen-bond acceptors (Lipinski definition) is 6. The SMILES string of the molecule is CC[C@H](C)Nc1nc(NC[C@H]2CCCO2)cc(-c2ccncc2)n1. The van der Waals surface area contributed by atoms with E-state index in [2.05, 4.69) is 39.4 Å². The number of ether oxygens (including phenoxy) is 1. The molecular weight excluding hydrogens is 302 g/mol. The molecule has 1 aliphatic rings.